The third kappa shape index (κ3) is 4.75. The lowest BCUT2D eigenvalue weighted by atomic mass is 10.2. The molecule has 0 aliphatic heterocycles. The Morgan fingerprint density at radius 1 is 1.53 bits per heavy atom. The van der Waals surface area contributed by atoms with Crippen molar-refractivity contribution in [3.05, 3.63) is 35.8 Å². The zero-order valence-electron chi connectivity index (χ0n) is 11.4. The SMILES string of the molecule is C=CCN(C)Cc1cc(CNC(C)C)oc1C. The fourth-order valence-electron chi connectivity index (χ4n) is 1.71. The first-order chi connectivity index (χ1) is 8.02. The van der Waals surface area contributed by atoms with E-state index < -0.39 is 0 Å². The summed E-state index contributed by atoms with van der Waals surface area (Å²) in [7, 11) is 2.08. The summed E-state index contributed by atoms with van der Waals surface area (Å²) < 4.78 is 5.73. The Hall–Kier alpha value is -1.06. The molecule has 1 aromatic rings. The minimum Gasteiger partial charge on any atom is -0.465 e. The van der Waals surface area contributed by atoms with E-state index in [4.69, 9.17) is 4.42 Å². The van der Waals surface area contributed by atoms with E-state index >= 15 is 0 Å². The van der Waals surface area contributed by atoms with Crippen LogP contribution in [-0.2, 0) is 13.1 Å². The summed E-state index contributed by atoms with van der Waals surface area (Å²) in [5, 5.41) is 3.36. The predicted octanol–water partition coefficient (Wildman–Crippen LogP) is 2.70. The highest BCUT2D eigenvalue weighted by Gasteiger charge is 2.09. The van der Waals surface area contributed by atoms with Gasteiger partial charge in [-0.15, -0.1) is 6.58 Å². The molecule has 1 N–H and O–H groups in total. The molecule has 0 bridgehead atoms. The van der Waals surface area contributed by atoms with Gasteiger partial charge in [-0.05, 0) is 20.0 Å². The number of likely N-dealkylation sites (N-methyl/N-ethyl adjacent to an activating group) is 1. The smallest absolute Gasteiger partial charge is 0.118 e. The molecule has 0 aliphatic rings. The zero-order chi connectivity index (χ0) is 12.8. The topological polar surface area (TPSA) is 28.4 Å². The molecular formula is C14H24N2O. The molecule has 0 saturated heterocycles. The summed E-state index contributed by atoms with van der Waals surface area (Å²) in [5.74, 6) is 2.03. The molecule has 0 amide bonds. The van der Waals surface area contributed by atoms with E-state index in [9.17, 15) is 0 Å². The predicted molar refractivity (Wildman–Crippen MR) is 72.0 cm³/mol. The lowest BCUT2D eigenvalue weighted by Crippen LogP contribution is -2.21. The number of aryl methyl sites for hydroxylation is 1. The molecule has 96 valence electrons. The third-order valence-corrected chi connectivity index (χ3v) is 2.64. The van der Waals surface area contributed by atoms with Gasteiger partial charge in [-0.3, -0.25) is 4.90 Å². The first-order valence-corrected chi connectivity index (χ1v) is 6.14. The normalized spacial score (nSPS) is 11.4. The van der Waals surface area contributed by atoms with Crippen LogP contribution in [0.5, 0.6) is 0 Å². The van der Waals surface area contributed by atoms with Crippen molar-refractivity contribution in [1.29, 1.82) is 0 Å². The average molecular weight is 236 g/mol. The third-order valence-electron chi connectivity index (χ3n) is 2.64. The van der Waals surface area contributed by atoms with Crippen molar-refractivity contribution in [3.8, 4) is 0 Å². The van der Waals surface area contributed by atoms with Gasteiger partial charge in [-0.25, -0.2) is 0 Å². The van der Waals surface area contributed by atoms with E-state index in [1.165, 1.54) is 5.56 Å². The minimum atomic E-state index is 0.479. The van der Waals surface area contributed by atoms with E-state index in [2.05, 4.69) is 43.8 Å². The molecule has 0 radical (unpaired) electrons. The van der Waals surface area contributed by atoms with Crippen LogP contribution in [0.25, 0.3) is 0 Å². The van der Waals surface area contributed by atoms with Crippen molar-refractivity contribution in [2.45, 2.75) is 39.9 Å². The second kappa shape index (κ2) is 6.62. The van der Waals surface area contributed by atoms with Crippen LogP contribution in [0.2, 0.25) is 0 Å². The molecule has 1 aromatic heterocycles. The van der Waals surface area contributed by atoms with Crippen molar-refractivity contribution in [2.75, 3.05) is 13.6 Å². The van der Waals surface area contributed by atoms with Crippen LogP contribution in [0, 0.1) is 6.92 Å². The first-order valence-electron chi connectivity index (χ1n) is 6.14. The van der Waals surface area contributed by atoms with Crippen molar-refractivity contribution in [1.82, 2.24) is 10.2 Å². The van der Waals surface area contributed by atoms with Crippen molar-refractivity contribution < 1.29 is 4.42 Å². The Morgan fingerprint density at radius 2 is 2.24 bits per heavy atom. The van der Waals surface area contributed by atoms with E-state index in [0.717, 1.165) is 31.2 Å². The Kier molecular flexibility index (Phi) is 5.45. The molecule has 1 heterocycles. The van der Waals surface area contributed by atoms with E-state index in [1.807, 2.05) is 13.0 Å². The molecule has 1 rings (SSSR count). The second-order valence-corrected chi connectivity index (χ2v) is 4.82. The molecule has 0 spiro atoms. The van der Waals surface area contributed by atoms with Gasteiger partial charge < -0.3 is 9.73 Å². The van der Waals surface area contributed by atoms with Gasteiger partial charge >= 0.3 is 0 Å². The van der Waals surface area contributed by atoms with Gasteiger partial charge in [-0.2, -0.15) is 0 Å². The average Bonchev–Trinajstić information content (AvgIpc) is 2.57. The van der Waals surface area contributed by atoms with Gasteiger partial charge in [0.25, 0.3) is 0 Å². The number of furan rings is 1. The van der Waals surface area contributed by atoms with Crippen LogP contribution in [-0.4, -0.2) is 24.5 Å². The molecule has 0 aliphatic carbocycles. The summed E-state index contributed by atoms with van der Waals surface area (Å²) in [6.45, 7) is 12.6. The summed E-state index contributed by atoms with van der Waals surface area (Å²) in [6, 6.07) is 2.62. The van der Waals surface area contributed by atoms with Gasteiger partial charge in [-0.1, -0.05) is 19.9 Å². The number of hydrogen-bond donors (Lipinski definition) is 1. The number of hydrogen-bond acceptors (Lipinski definition) is 3. The number of rotatable bonds is 7. The zero-order valence-corrected chi connectivity index (χ0v) is 11.4. The van der Waals surface area contributed by atoms with Crippen LogP contribution in [0.15, 0.2) is 23.1 Å². The fourth-order valence-corrected chi connectivity index (χ4v) is 1.71. The molecule has 0 fully saturated rings. The largest absolute Gasteiger partial charge is 0.465 e. The molecule has 0 unspecified atom stereocenters. The molecule has 0 atom stereocenters. The lowest BCUT2D eigenvalue weighted by molar-refractivity contribution is 0.359. The highest BCUT2D eigenvalue weighted by Crippen LogP contribution is 2.16. The van der Waals surface area contributed by atoms with Crippen molar-refractivity contribution in [2.24, 2.45) is 0 Å². The maximum Gasteiger partial charge on any atom is 0.118 e. The van der Waals surface area contributed by atoms with E-state index in [0.29, 0.717) is 6.04 Å². The fraction of sp³-hybridized carbons (Fsp3) is 0.571. The molecule has 3 heteroatoms. The quantitative estimate of drug-likeness (QED) is 0.738. The summed E-state index contributed by atoms with van der Waals surface area (Å²) in [5.41, 5.74) is 1.26. The van der Waals surface area contributed by atoms with Crippen LogP contribution in [0.4, 0.5) is 0 Å². The van der Waals surface area contributed by atoms with E-state index in [1.54, 1.807) is 0 Å². The Bertz CT molecular complexity index is 355. The lowest BCUT2D eigenvalue weighted by Gasteiger charge is -2.12. The van der Waals surface area contributed by atoms with Crippen LogP contribution in [0.3, 0.4) is 0 Å². The maximum atomic E-state index is 5.73. The number of nitrogens with one attached hydrogen (secondary N) is 1. The van der Waals surface area contributed by atoms with Gasteiger partial charge in [0.2, 0.25) is 0 Å². The number of nitrogens with zero attached hydrogens (tertiary/aromatic N) is 1. The van der Waals surface area contributed by atoms with Crippen LogP contribution >= 0.6 is 0 Å². The molecular weight excluding hydrogens is 212 g/mol. The Balaban J connectivity index is 2.58. The molecule has 0 saturated carbocycles. The molecule has 3 nitrogen and oxygen atoms in total. The van der Waals surface area contributed by atoms with Crippen molar-refractivity contribution >= 4 is 0 Å². The molecule has 17 heavy (non-hydrogen) atoms. The monoisotopic (exact) mass is 236 g/mol. The van der Waals surface area contributed by atoms with Gasteiger partial charge in [0.1, 0.15) is 11.5 Å². The maximum absolute atomic E-state index is 5.73. The summed E-state index contributed by atoms with van der Waals surface area (Å²) in [4.78, 5) is 2.21. The van der Waals surface area contributed by atoms with Gasteiger partial charge in [0, 0.05) is 24.7 Å². The minimum absolute atomic E-state index is 0.479. The highest BCUT2D eigenvalue weighted by atomic mass is 16.3. The second-order valence-electron chi connectivity index (χ2n) is 4.82. The summed E-state index contributed by atoms with van der Waals surface area (Å²) >= 11 is 0. The van der Waals surface area contributed by atoms with E-state index in [-0.39, 0.29) is 0 Å². The Labute approximate surface area is 104 Å². The first kappa shape index (κ1) is 14.0. The van der Waals surface area contributed by atoms with Crippen LogP contribution < -0.4 is 5.32 Å². The Morgan fingerprint density at radius 3 is 2.82 bits per heavy atom. The highest BCUT2D eigenvalue weighted by molar-refractivity contribution is 5.20. The summed E-state index contributed by atoms with van der Waals surface area (Å²) in [6.07, 6.45) is 1.91. The van der Waals surface area contributed by atoms with Gasteiger partial charge in [0.15, 0.2) is 0 Å². The standard InChI is InChI=1S/C14H24N2O/c1-6-7-16(5)10-13-8-14(17-12(13)4)9-15-11(2)3/h6,8,11,15H,1,7,9-10H2,2-5H3. The van der Waals surface area contributed by atoms with Crippen LogP contribution in [0.1, 0.15) is 30.9 Å². The van der Waals surface area contributed by atoms with Gasteiger partial charge in [0.05, 0.1) is 6.54 Å². The van der Waals surface area contributed by atoms with Crippen molar-refractivity contribution in [3.63, 3.8) is 0 Å². The molecule has 0 aromatic carbocycles.